The molecule has 0 spiro atoms. The third kappa shape index (κ3) is 2.80. The molecule has 0 saturated carbocycles. The van der Waals surface area contributed by atoms with Crippen LogP contribution in [0.15, 0.2) is 12.7 Å². The Hall–Kier alpha value is -0.380. The van der Waals surface area contributed by atoms with Crippen LogP contribution in [0, 0.1) is 0 Å². The van der Waals surface area contributed by atoms with Crippen LogP contribution in [0.25, 0.3) is 0 Å². The van der Waals surface area contributed by atoms with Gasteiger partial charge >= 0.3 is 0 Å². The highest BCUT2D eigenvalue weighted by molar-refractivity contribution is 4.95. The van der Waals surface area contributed by atoms with Crippen LogP contribution in [-0.4, -0.2) is 48.0 Å². The zero-order valence-electron chi connectivity index (χ0n) is 9.91. The van der Waals surface area contributed by atoms with Crippen molar-refractivity contribution in [2.24, 2.45) is 0 Å². The molecular weight excluding hydrogens is 190 g/mol. The summed E-state index contributed by atoms with van der Waals surface area (Å²) in [6.07, 6.45) is 3.06. The first kappa shape index (κ1) is 12.7. The van der Waals surface area contributed by atoms with Crippen LogP contribution >= 0.6 is 0 Å². The first-order valence-electron chi connectivity index (χ1n) is 5.77. The molecule has 1 aliphatic rings. The molecule has 2 unspecified atom stereocenters. The molecule has 3 nitrogen and oxygen atoms in total. The number of aliphatic hydroxyl groups excluding tert-OH is 1. The Labute approximate surface area is 92.7 Å². The smallest absolute Gasteiger partial charge is 0.0755 e. The monoisotopic (exact) mass is 213 g/mol. The van der Waals surface area contributed by atoms with Crippen molar-refractivity contribution in [1.29, 1.82) is 0 Å². The predicted octanol–water partition coefficient (Wildman–Crippen LogP) is 1.42. The van der Waals surface area contributed by atoms with E-state index in [2.05, 4.69) is 25.3 Å². The van der Waals surface area contributed by atoms with E-state index in [9.17, 15) is 5.11 Å². The lowest BCUT2D eigenvalue weighted by molar-refractivity contribution is -0.0706. The number of rotatable bonds is 5. The minimum Gasteiger partial charge on any atom is -0.391 e. The third-order valence-electron chi connectivity index (χ3n) is 3.56. The lowest BCUT2D eigenvalue weighted by Gasteiger charge is -2.45. The van der Waals surface area contributed by atoms with Gasteiger partial charge in [-0.1, -0.05) is 13.0 Å². The number of morpholine rings is 1. The Kier molecular flexibility index (Phi) is 4.77. The molecule has 0 aromatic carbocycles. The highest BCUT2D eigenvalue weighted by Gasteiger charge is 2.37. The topological polar surface area (TPSA) is 32.7 Å². The SMILES string of the molecule is C=CCC(O)C(C)(CC)N1CCOCC1. The van der Waals surface area contributed by atoms with E-state index in [0.717, 1.165) is 32.7 Å². The van der Waals surface area contributed by atoms with Crippen LogP contribution in [0.1, 0.15) is 26.7 Å². The standard InChI is InChI=1S/C12H23NO2/c1-4-6-11(14)12(3,5-2)13-7-9-15-10-8-13/h4,11,14H,1,5-10H2,2-3H3. The van der Waals surface area contributed by atoms with Crippen molar-refractivity contribution in [2.45, 2.75) is 38.3 Å². The van der Waals surface area contributed by atoms with Crippen molar-refractivity contribution in [2.75, 3.05) is 26.3 Å². The summed E-state index contributed by atoms with van der Waals surface area (Å²) < 4.78 is 5.34. The van der Waals surface area contributed by atoms with Crippen molar-refractivity contribution in [3.05, 3.63) is 12.7 Å². The van der Waals surface area contributed by atoms with Crippen molar-refractivity contribution in [3.63, 3.8) is 0 Å². The third-order valence-corrected chi connectivity index (χ3v) is 3.56. The van der Waals surface area contributed by atoms with E-state index in [-0.39, 0.29) is 11.6 Å². The van der Waals surface area contributed by atoms with Crippen LogP contribution in [0.2, 0.25) is 0 Å². The van der Waals surface area contributed by atoms with Gasteiger partial charge in [-0.05, 0) is 19.8 Å². The highest BCUT2D eigenvalue weighted by atomic mass is 16.5. The first-order chi connectivity index (χ1) is 7.15. The number of hydrogen-bond donors (Lipinski definition) is 1. The van der Waals surface area contributed by atoms with Gasteiger partial charge in [-0.3, -0.25) is 4.90 Å². The van der Waals surface area contributed by atoms with Crippen molar-refractivity contribution >= 4 is 0 Å². The number of aliphatic hydroxyl groups is 1. The predicted molar refractivity (Wildman–Crippen MR) is 61.9 cm³/mol. The second-order valence-electron chi connectivity index (χ2n) is 4.35. The van der Waals surface area contributed by atoms with E-state index in [1.165, 1.54) is 0 Å². The van der Waals surface area contributed by atoms with Crippen LogP contribution in [-0.2, 0) is 4.74 Å². The molecule has 1 aliphatic heterocycles. The van der Waals surface area contributed by atoms with Gasteiger partial charge in [0.1, 0.15) is 0 Å². The summed E-state index contributed by atoms with van der Waals surface area (Å²) in [4.78, 5) is 2.34. The van der Waals surface area contributed by atoms with Gasteiger partial charge in [0.25, 0.3) is 0 Å². The normalized spacial score (nSPS) is 24.5. The number of hydrogen-bond acceptors (Lipinski definition) is 3. The van der Waals surface area contributed by atoms with E-state index in [1.54, 1.807) is 6.08 Å². The van der Waals surface area contributed by atoms with Gasteiger partial charge in [0.15, 0.2) is 0 Å². The fourth-order valence-corrected chi connectivity index (χ4v) is 2.16. The molecule has 0 amide bonds. The second kappa shape index (κ2) is 5.64. The summed E-state index contributed by atoms with van der Waals surface area (Å²) >= 11 is 0. The molecule has 1 N–H and O–H groups in total. The van der Waals surface area contributed by atoms with Crippen molar-refractivity contribution < 1.29 is 9.84 Å². The van der Waals surface area contributed by atoms with E-state index in [4.69, 9.17) is 4.74 Å². The maximum atomic E-state index is 10.2. The number of ether oxygens (including phenoxy) is 1. The lowest BCUT2D eigenvalue weighted by Crippen LogP contribution is -2.57. The molecule has 0 radical (unpaired) electrons. The molecule has 1 heterocycles. The summed E-state index contributed by atoms with van der Waals surface area (Å²) in [5.41, 5.74) is -0.141. The Morgan fingerprint density at radius 2 is 2.13 bits per heavy atom. The fraction of sp³-hybridized carbons (Fsp3) is 0.833. The summed E-state index contributed by atoms with van der Waals surface area (Å²) in [5, 5.41) is 10.2. The minimum absolute atomic E-state index is 0.141. The quantitative estimate of drug-likeness (QED) is 0.701. The summed E-state index contributed by atoms with van der Waals surface area (Å²) in [6, 6.07) is 0. The maximum absolute atomic E-state index is 10.2. The molecule has 88 valence electrons. The Morgan fingerprint density at radius 1 is 1.53 bits per heavy atom. The van der Waals surface area contributed by atoms with E-state index < -0.39 is 0 Å². The van der Waals surface area contributed by atoms with Crippen molar-refractivity contribution in [3.8, 4) is 0 Å². The van der Waals surface area contributed by atoms with Crippen LogP contribution in [0.4, 0.5) is 0 Å². The molecule has 1 saturated heterocycles. The largest absolute Gasteiger partial charge is 0.391 e. The highest BCUT2D eigenvalue weighted by Crippen LogP contribution is 2.26. The summed E-state index contributed by atoms with van der Waals surface area (Å²) in [6.45, 7) is 11.3. The fourth-order valence-electron chi connectivity index (χ4n) is 2.16. The van der Waals surface area contributed by atoms with Gasteiger partial charge in [0, 0.05) is 18.6 Å². The van der Waals surface area contributed by atoms with Gasteiger partial charge in [0.05, 0.1) is 19.3 Å². The van der Waals surface area contributed by atoms with Gasteiger partial charge in [-0.15, -0.1) is 6.58 Å². The van der Waals surface area contributed by atoms with Crippen LogP contribution in [0.3, 0.4) is 0 Å². The summed E-state index contributed by atoms with van der Waals surface area (Å²) in [7, 11) is 0. The van der Waals surface area contributed by atoms with E-state index >= 15 is 0 Å². The summed E-state index contributed by atoms with van der Waals surface area (Å²) in [5.74, 6) is 0. The van der Waals surface area contributed by atoms with Gasteiger partial charge in [-0.25, -0.2) is 0 Å². The number of nitrogens with zero attached hydrogens (tertiary/aromatic N) is 1. The molecule has 1 fully saturated rings. The second-order valence-corrected chi connectivity index (χ2v) is 4.35. The molecule has 0 aromatic heterocycles. The zero-order chi connectivity index (χ0) is 11.3. The Balaban J connectivity index is 2.67. The molecule has 0 aliphatic carbocycles. The zero-order valence-corrected chi connectivity index (χ0v) is 9.91. The van der Waals surface area contributed by atoms with Gasteiger partial charge < -0.3 is 9.84 Å². The first-order valence-corrected chi connectivity index (χ1v) is 5.77. The van der Waals surface area contributed by atoms with Gasteiger partial charge in [0.2, 0.25) is 0 Å². The molecule has 3 heteroatoms. The Morgan fingerprint density at radius 3 is 2.60 bits per heavy atom. The molecule has 0 bridgehead atoms. The molecule has 1 rings (SSSR count). The van der Waals surface area contributed by atoms with Crippen LogP contribution in [0.5, 0.6) is 0 Å². The molecule has 0 aromatic rings. The van der Waals surface area contributed by atoms with Crippen molar-refractivity contribution in [1.82, 2.24) is 4.90 Å². The van der Waals surface area contributed by atoms with Crippen LogP contribution < -0.4 is 0 Å². The Bertz CT molecular complexity index is 202. The maximum Gasteiger partial charge on any atom is 0.0755 e. The molecule has 15 heavy (non-hydrogen) atoms. The van der Waals surface area contributed by atoms with E-state index in [1.807, 2.05) is 0 Å². The lowest BCUT2D eigenvalue weighted by atomic mass is 9.87. The van der Waals surface area contributed by atoms with E-state index in [0.29, 0.717) is 6.42 Å². The minimum atomic E-state index is -0.335. The average Bonchev–Trinajstić information content (AvgIpc) is 2.29. The average molecular weight is 213 g/mol. The molecule has 2 atom stereocenters. The molecular formula is C12H23NO2. The van der Waals surface area contributed by atoms with Gasteiger partial charge in [-0.2, -0.15) is 0 Å².